The predicted octanol–water partition coefficient (Wildman–Crippen LogP) is 3.77. The first-order valence-electron chi connectivity index (χ1n) is 8.25. The van der Waals surface area contributed by atoms with E-state index in [1.807, 2.05) is 7.11 Å². The van der Waals surface area contributed by atoms with Crippen LogP contribution in [0.1, 0.15) is 66.7 Å². The van der Waals surface area contributed by atoms with E-state index in [2.05, 4.69) is 39.9 Å². The van der Waals surface area contributed by atoms with Gasteiger partial charge < -0.3 is 14.8 Å². The van der Waals surface area contributed by atoms with Crippen LogP contribution in [0.4, 0.5) is 0 Å². The summed E-state index contributed by atoms with van der Waals surface area (Å²) in [6, 6.07) is 0.297. The summed E-state index contributed by atoms with van der Waals surface area (Å²) in [5.41, 5.74) is 0.399. The highest BCUT2D eigenvalue weighted by Gasteiger charge is 2.44. The normalized spacial score (nSPS) is 22.9. The summed E-state index contributed by atoms with van der Waals surface area (Å²) in [7, 11) is 1.87. The minimum atomic E-state index is -0.0560. The van der Waals surface area contributed by atoms with E-state index in [0.29, 0.717) is 11.5 Å². The lowest BCUT2D eigenvalue weighted by atomic mass is 9.68. The zero-order valence-electron chi connectivity index (χ0n) is 14.4. The highest BCUT2D eigenvalue weighted by atomic mass is 16.5. The summed E-state index contributed by atoms with van der Waals surface area (Å²) in [6.07, 6.45) is 6.12. The Hall–Kier alpha value is -0.120. The smallest absolute Gasteiger partial charge is 0.0853 e. The third kappa shape index (κ3) is 5.01. The highest BCUT2D eigenvalue weighted by molar-refractivity contribution is 4.98. The van der Waals surface area contributed by atoms with Crippen molar-refractivity contribution in [3.05, 3.63) is 0 Å². The third-order valence-electron chi connectivity index (χ3n) is 4.73. The Kier molecular flexibility index (Phi) is 6.96. The molecule has 1 aliphatic carbocycles. The van der Waals surface area contributed by atoms with Crippen LogP contribution in [0.2, 0.25) is 0 Å². The van der Waals surface area contributed by atoms with Gasteiger partial charge in [-0.25, -0.2) is 0 Å². The van der Waals surface area contributed by atoms with Gasteiger partial charge in [0.05, 0.1) is 24.4 Å². The predicted molar refractivity (Wildman–Crippen MR) is 85.2 cm³/mol. The molecule has 1 N–H and O–H groups in total. The van der Waals surface area contributed by atoms with E-state index >= 15 is 0 Å². The van der Waals surface area contributed by atoms with E-state index in [1.54, 1.807) is 0 Å². The molecule has 0 heterocycles. The summed E-state index contributed by atoms with van der Waals surface area (Å²) in [6.45, 7) is 12.9. The topological polar surface area (TPSA) is 30.5 Å². The van der Waals surface area contributed by atoms with Gasteiger partial charge in [-0.3, -0.25) is 0 Å². The van der Waals surface area contributed by atoms with Gasteiger partial charge in [0.25, 0.3) is 0 Å². The van der Waals surface area contributed by atoms with Crippen LogP contribution in [0.25, 0.3) is 0 Å². The SMILES string of the molecule is CCCNC(COC(C)C)C1(OC)CCC(C)(C)CC1. The van der Waals surface area contributed by atoms with Gasteiger partial charge in [-0.1, -0.05) is 20.8 Å². The maximum Gasteiger partial charge on any atom is 0.0853 e. The van der Waals surface area contributed by atoms with Crippen LogP contribution in [0.15, 0.2) is 0 Å². The molecule has 120 valence electrons. The Morgan fingerprint density at radius 1 is 1.10 bits per heavy atom. The lowest BCUT2D eigenvalue weighted by Crippen LogP contribution is -2.57. The molecule has 0 saturated heterocycles. The lowest BCUT2D eigenvalue weighted by Gasteiger charge is -2.47. The molecule has 1 fully saturated rings. The molecule has 3 heteroatoms. The molecule has 0 aromatic carbocycles. The Labute approximate surface area is 125 Å². The third-order valence-corrected chi connectivity index (χ3v) is 4.73. The quantitative estimate of drug-likeness (QED) is 0.736. The zero-order valence-corrected chi connectivity index (χ0v) is 14.4. The van der Waals surface area contributed by atoms with E-state index in [-0.39, 0.29) is 11.7 Å². The second kappa shape index (κ2) is 7.77. The van der Waals surface area contributed by atoms with Gasteiger partial charge in [-0.05, 0) is 57.9 Å². The molecule has 20 heavy (non-hydrogen) atoms. The van der Waals surface area contributed by atoms with Crippen LogP contribution in [0.5, 0.6) is 0 Å². The number of rotatable bonds is 8. The molecule has 1 atom stereocenters. The second-order valence-corrected chi connectivity index (χ2v) is 7.32. The number of ether oxygens (including phenoxy) is 2. The first-order chi connectivity index (χ1) is 9.35. The van der Waals surface area contributed by atoms with Crippen LogP contribution in [0, 0.1) is 5.41 Å². The summed E-state index contributed by atoms with van der Waals surface area (Å²) < 4.78 is 11.9. The van der Waals surface area contributed by atoms with Crippen molar-refractivity contribution in [2.45, 2.75) is 84.5 Å². The fraction of sp³-hybridized carbons (Fsp3) is 1.00. The number of nitrogens with one attached hydrogen (secondary N) is 1. The first-order valence-corrected chi connectivity index (χ1v) is 8.25. The lowest BCUT2D eigenvalue weighted by molar-refractivity contribution is -0.106. The van der Waals surface area contributed by atoms with Crippen molar-refractivity contribution in [2.75, 3.05) is 20.3 Å². The van der Waals surface area contributed by atoms with Gasteiger partial charge in [0.2, 0.25) is 0 Å². The molecule has 1 rings (SSSR count). The summed E-state index contributed by atoms with van der Waals surface area (Å²) in [5, 5.41) is 3.66. The Morgan fingerprint density at radius 2 is 1.70 bits per heavy atom. The van der Waals surface area contributed by atoms with Crippen molar-refractivity contribution in [2.24, 2.45) is 5.41 Å². The van der Waals surface area contributed by atoms with Gasteiger partial charge in [-0.2, -0.15) is 0 Å². The van der Waals surface area contributed by atoms with Crippen molar-refractivity contribution in [1.82, 2.24) is 5.32 Å². The molecule has 0 aromatic heterocycles. The molecule has 1 aliphatic rings. The first kappa shape index (κ1) is 17.9. The van der Waals surface area contributed by atoms with Crippen LogP contribution in [0.3, 0.4) is 0 Å². The van der Waals surface area contributed by atoms with Crippen LogP contribution < -0.4 is 5.32 Å². The standard InChI is InChI=1S/C17H35NO2/c1-7-12-18-15(13-20-14(2)3)17(19-6)10-8-16(4,5)9-11-17/h14-15,18H,7-13H2,1-6H3. The monoisotopic (exact) mass is 285 g/mol. The van der Waals surface area contributed by atoms with Gasteiger partial charge >= 0.3 is 0 Å². The fourth-order valence-corrected chi connectivity index (χ4v) is 3.05. The summed E-state index contributed by atoms with van der Waals surface area (Å²) >= 11 is 0. The molecule has 3 nitrogen and oxygen atoms in total. The fourth-order valence-electron chi connectivity index (χ4n) is 3.05. The van der Waals surface area contributed by atoms with Crippen molar-refractivity contribution in [3.63, 3.8) is 0 Å². The molecule has 1 unspecified atom stereocenters. The molecule has 0 aliphatic heterocycles. The Bertz CT molecular complexity index is 266. The number of methoxy groups -OCH3 is 1. The molecule has 0 bridgehead atoms. The van der Waals surface area contributed by atoms with Gasteiger partial charge in [0, 0.05) is 7.11 Å². The van der Waals surface area contributed by atoms with Crippen LogP contribution >= 0.6 is 0 Å². The Morgan fingerprint density at radius 3 is 2.15 bits per heavy atom. The Balaban J connectivity index is 2.73. The minimum absolute atomic E-state index is 0.0560. The van der Waals surface area contributed by atoms with Gasteiger partial charge in [0.15, 0.2) is 0 Å². The van der Waals surface area contributed by atoms with Gasteiger partial charge in [0.1, 0.15) is 0 Å². The minimum Gasteiger partial charge on any atom is -0.377 e. The van der Waals surface area contributed by atoms with Crippen molar-refractivity contribution < 1.29 is 9.47 Å². The van der Waals surface area contributed by atoms with E-state index in [9.17, 15) is 0 Å². The molecule has 0 amide bonds. The van der Waals surface area contributed by atoms with E-state index in [1.165, 1.54) is 12.8 Å². The van der Waals surface area contributed by atoms with Crippen molar-refractivity contribution in [1.29, 1.82) is 0 Å². The average molecular weight is 285 g/mol. The van der Waals surface area contributed by atoms with Crippen LogP contribution in [-0.4, -0.2) is 38.0 Å². The average Bonchev–Trinajstić information content (AvgIpc) is 2.40. The summed E-state index contributed by atoms with van der Waals surface area (Å²) in [5.74, 6) is 0. The number of hydrogen-bond acceptors (Lipinski definition) is 3. The second-order valence-electron chi connectivity index (χ2n) is 7.32. The highest BCUT2D eigenvalue weighted by Crippen LogP contribution is 2.43. The van der Waals surface area contributed by atoms with E-state index < -0.39 is 0 Å². The number of hydrogen-bond donors (Lipinski definition) is 1. The molecule has 0 radical (unpaired) electrons. The molecular formula is C17H35NO2. The molecule has 0 spiro atoms. The largest absolute Gasteiger partial charge is 0.377 e. The van der Waals surface area contributed by atoms with E-state index in [0.717, 1.165) is 32.4 Å². The van der Waals surface area contributed by atoms with Crippen LogP contribution in [-0.2, 0) is 9.47 Å². The van der Waals surface area contributed by atoms with Gasteiger partial charge in [-0.15, -0.1) is 0 Å². The summed E-state index contributed by atoms with van der Waals surface area (Å²) in [4.78, 5) is 0. The zero-order chi connectivity index (χ0) is 15.2. The molecule has 0 aromatic rings. The maximum absolute atomic E-state index is 6.02. The van der Waals surface area contributed by atoms with Crippen molar-refractivity contribution in [3.8, 4) is 0 Å². The molecular weight excluding hydrogens is 250 g/mol. The van der Waals surface area contributed by atoms with Crippen molar-refractivity contribution >= 4 is 0 Å². The maximum atomic E-state index is 6.02. The molecule has 1 saturated carbocycles. The van der Waals surface area contributed by atoms with E-state index in [4.69, 9.17) is 9.47 Å².